The second kappa shape index (κ2) is 8.08. The van der Waals surface area contributed by atoms with Gasteiger partial charge in [-0.25, -0.2) is 0 Å². The molecule has 0 radical (unpaired) electrons. The van der Waals surface area contributed by atoms with Crippen molar-refractivity contribution >= 4 is 11.6 Å². The summed E-state index contributed by atoms with van der Waals surface area (Å²) in [6.07, 6.45) is 3.66. The van der Waals surface area contributed by atoms with Crippen LogP contribution in [0, 0.1) is 0 Å². The molecule has 2 aromatic carbocycles. The number of hydrogen-bond donors (Lipinski definition) is 2. The van der Waals surface area contributed by atoms with Crippen molar-refractivity contribution < 1.29 is 4.79 Å². The Morgan fingerprint density at radius 1 is 1.04 bits per heavy atom. The number of carbonyl (C=O) groups excluding carboxylic acids is 1. The molecule has 3 N–H and O–H groups in total. The van der Waals surface area contributed by atoms with E-state index in [0.717, 1.165) is 24.2 Å². The zero-order chi connectivity index (χ0) is 16.8. The molecule has 2 aromatic rings. The van der Waals surface area contributed by atoms with Crippen molar-refractivity contribution in [2.45, 2.75) is 25.8 Å². The van der Waals surface area contributed by atoms with Crippen molar-refractivity contribution in [1.29, 1.82) is 0 Å². The second-order valence-corrected chi connectivity index (χ2v) is 6.35. The standard InChI is InChI=1S/C20H25N3O/c21-15-17-6-8-18(9-7-17)20(24)22-19-5-3-4-16(14-19)10-13-23-11-1-2-12-23/h3-9,14H,1-2,10-13,15,21H2,(H,22,24). The number of amides is 1. The number of carbonyl (C=O) groups is 1. The van der Waals surface area contributed by atoms with Gasteiger partial charge in [-0.05, 0) is 67.7 Å². The third-order valence-corrected chi connectivity index (χ3v) is 4.55. The molecule has 1 aliphatic heterocycles. The number of anilines is 1. The van der Waals surface area contributed by atoms with E-state index in [1.807, 2.05) is 36.4 Å². The summed E-state index contributed by atoms with van der Waals surface area (Å²) in [6.45, 7) is 4.02. The SMILES string of the molecule is NCc1ccc(C(=O)Nc2cccc(CCN3CCCC3)c2)cc1. The van der Waals surface area contributed by atoms with E-state index in [9.17, 15) is 4.79 Å². The lowest BCUT2D eigenvalue weighted by Gasteiger charge is -2.14. The molecule has 3 rings (SSSR count). The summed E-state index contributed by atoms with van der Waals surface area (Å²) in [5.74, 6) is -0.0877. The summed E-state index contributed by atoms with van der Waals surface area (Å²) in [5, 5.41) is 2.98. The number of nitrogens with zero attached hydrogens (tertiary/aromatic N) is 1. The fourth-order valence-electron chi connectivity index (χ4n) is 3.09. The molecule has 0 atom stereocenters. The third-order valence-electron chi connectivity index (χ3n) is 4.55. The van der Waals surface area contributed by atoms with Crippen LogP contribution in [0.4, 0.5) is 5.69 Å². The highest BCUT2D eigenvalue weighted by Crippen LogP contribution is 2.15. The van der Waals surface area contributed by atoms with Gasteiger partial charge >= 0.3 is 0 Å². The van der Waals surface area contributed by atoms with Crippen molar-refractivity contribution in [3.8, 4) is 0 Å². The van der Waals surface area contributed by atoms with E-state index in [1.54, 1.807) is 0 Å². The number of hydrogen-bond acceptors (Lipinski definition) is 3. The molecule has 4 heteroatoms. The summed E-state index contributed by atoms with van der Waals surface area (Å²) in [5.41, 5.74) is 9.37. The Morgan fingerprint density at radius 3 is 2.50 bits per heavy atom. The van der Waals surface area contributed by atoms with Crippen molar-refractivity contribution in [1.82, 2.24) is 4.90 Å². The molecule has 0 saturated carbocycles. The van der Waals surface area contributed by atoms with Crippen molar-refractivity contribution in [2.75, 3.05) is 25.0 Å². The van der Waals surface area contributed by atoms with Crippen LogP contribution in [0.3, 0.4) is 0 Å². The Labute approximate surface area is 143 Å². The lowest BCUT2D eigenvalue weighted by atomic mass is 10.1. The monoisotopic (exact) mass is 323 g/mol. The molecular formula is C20H25N3O. The van der Waals surface area contributed by atoms with Crippen molar-refractivity contribution in [3.63, 3.8) is 0 Å². The molecule has 0 spiro atoms. The van der Waals surface area contributed by atoms with Gasteiger partial charge in [0.15, 0.2) is 0 Å². The van der Waals surface area contributed by atoms with E-state index in [4.69, 9.17) is 5.73 Å². The minimum absolute atomic E-state index is 0.0877. The van der Waals surface area contributed by atoms with Gasteiger partial charge in [-0.2, -0.15) is 0 Å². The fraction of sp³-hybridized carbons (Fsp3) is 0.350. The molecule has 1 fully saturated rings. The summed E-state index contributed by atoms with van der Waals surface area (Å²) in [4.78, 5) is 14.8. The highest BCUT2D eigenvalue weighted by Gasteiger charge is 2.11. The van der Waals surface area contributed by atoms with Gasteiger partial charge in [0.1, 0.15) is 0 Å². The van der Waals surface area contributed by atoms with Crippen LogP contribution < -0.4 is 11.1 Å². The minimum atomic E-state index is -0.0877. The molecule has 4 nitrogen and oxygen atoms in total. The summed E-state index contributed by atoms with van der Waals surface area (Å²) < 4.78 is 0. The van der Waals surface area contributed by atoms with E-state index >= 15 is 0 Å². The van der Waals surface area contributed by atoms with Gasteiger partial charge in [-0.3, -0.25) is 4.79 Å². The predicted octanol–water partition coefficient (Wildman–Crippen LogP) is 3.04. The van der Waals surface area contributed by atoms with Crippen molar-refractivity contribution in [2.24, 2.45) is 5.73 Å². The maximum absolute atomic E-state index is 12.3. The van der Waals surface area contributed by atoms with Crippen LogP contribution in [0.25, 0.3) is 0 Å². The first-order chi connectivity index (χ1) is 11.7. The smallest absolute Gasteiger partial charge is 0.255 e. The van der Waals surface area contributed by atoms with E-state index < -0.39 is 0 Å². The number of likely N-dealkylation sites (tertiary alicyclic amines) is 1. The number of rotatable bonds is 6. The van der Waals surface area contributed by atoms with Crippen LogP contribution in [0.15, 0.2) is 48.5 Å². The Hall–Kier alpha value is -2.17. The van der Waals surface area contributed by atoms with Crippen LogP contribution >= 0.6 is 0 Å². The van der Waals surface area contributed by atoms with Gasteiger partial charge in [0, 0.05) is 24.3 Å². The minimum Gasteiger partial charge on any atom is -0.326 e. The molecule has 126 valence electrons. The molecule has 1 amide bonds. The maximum Gasteiger partial charge on any atom is 0.255 e. The van der Waals surface area contributed by atoms with E-state index in [1.165, 1.54) is 31.5 Å². The molecule has 0 aromatic heterocycles. The second-order valence-electron chi connectivity index (χ2n) is 6.35. The largest absolute Gasteiger partial charge is 0.326 e. The van der Waals surface area contributed by atoms with Gasteiger partial charge in [0.2, 0.25) is 0 Å². The highest BCUT2D eigenvalue weighted by atomic mass is 16.1. The van der Waals surface area contributed by atoms with E-state index in [-0.39, 0.29) is 5.91 Å². The normalized spacial score (nSPS) is 14.7. The number of benzene rings is 2. The Kier molecular flexibility index (Phi) is 5.62. The first-order valence-electron chi connectivity index (χ1n) is 8.66. The summed E-state index contributed by atoms with van der Waals surface area (Å²) in [7, 11) is 0. The van der Waals surface area contributed by atoms with Gasteiger partial charge < -0.3 is 16.0 Å². The number of nitrogens with two attached hydrogens (primary N) is 1. The van der Waals surface area contributed by atoms with E-state index in [2.05, 4.69) is 22.3 Å². The average Bonchev–Trinajstić information content (AvgIpc) is 3.14. The van der Waals surface area contributed by atoms with Gasteiger partial charge in [-0.1, -0.05) is 24.3 Å². The molecule has 1 aliphatic rings. The first-order valence-corrected chi connectivity index (χ1v) is 8.66. The molecule has 0 unspecified atom stereocenters. The van der Waals surface area contributed by atoms with Crippen LogP contribution in [0.2, 0.25) is 0 Å². The summed E-state index contributed by atoms with van der Waals surface area (Å²) >= 11 is 0. The van der Waals surface area contributed by atoms with Gasteiger partial charge in [-0.15, -0.1) is 0 Å². The van der Waals surface area contributed by atoms with Gasteiger partial charge in [0.05, 0.1) is 0 Å². The third kappa shape index (κ3) is 4.43. The van der Waals surface area contributed by atoms with Gasteiger partial charge in [0.25, 0.3) is 5.91 Å². The first kappa shape index (κ1) is 16.7. The quantitative estimate of drug-likeness (QED) is 0.859. The maximum atomic E-state index is 12.3. The molecule has 0 aliphatic carbocycles. The molecule has 0 bridgehead atoms. The Morgan fingerprint density at radius 2 is 1.79 bits per heavy atom. The molecule has 1 heterocycles. The van der Waals surface area contributed by atoms with Crippen LogP contribution in [0.1, 0.15) is 34.3 Å². The zero-order valence-corrected chi connectivity index (χ0v) is 14.0. The Balaban J connectivity index is 1.59. The lowest BCUT2D eigenvalue weighted by molar-refractivity contribution is 0.102. The fourth-order valence-corrected chi connectivity index (χ4v) is 3.09. The molecule has 1 saturated heterocycles. The lowest BCUT2D eigenvalue weighted by Crippen LogP contribution is -2.22. The highest BCUT2D eigenvalue weighted by molar-refractivity contribution is 6.04. The average molecular weight is 323 g/mol. The molecule has 24 heavy (non-hydrogen) atoms. The predicted molar refractivity (Wildman–Crippen MR) is 98.1 cm³/mol. The van der Waals surface area contributed by atoms with Crippen molar-refractivity contribution in [3.05, 3.63) is 65.2 Å². The van der Waals surface area contributed by atoms with E-state index in [0.29, 0.717) is 12.1 Å². The Bertz CT molecular complexity index is 676. The topological polar surface area (TPSA) is 58.4 Å². The van der Waals surface area contributed by atoms with Crippen LogP contribution in [0.5, 0.6) is 0 Å². The number of nitrogens with one attached hydrogen (secondary N) is 1. The molecular weight excluding hydrogens is 298 g/mol. The van der Waals surface area contributed by atoms with Crippen LogP contribution in [-0.4, -0.2) is 30.4 Å². The summed E-state index contributed by atoms with van der Waals surface area (Å²) in [6, 6.07) is 15.5. The zero-order valence-electron chi connectivity index (χ0n) is 14.0. The van der Waals surface area contributed by atoms with Crippen LogP contribution in [-0.2, 0) is 13.0 Å².